The highest BCUT2D eigenvalue weighted by molar-refractivity contribution is 6.33. The van der Waals surface area contributed by atoms with Crippen molar-refractivity contribution >= 4 is 17.5 Å². The molecule has 1 aromatic carbocycles. The number of amides is 1. The third-order valence-electron chi connectivity index (χ3n) is 4.56. The normalized spacial score (nSPS) is 27.0. The Balaban J connectivity index is 1.98. The van der Waals surface area contributed by atoms with Crippen LogP contribution in [0.4, 0.5) is 0 Å². The summed E-state index contributed by atoms with van der Waals surface area (Å²) in [7, 11) is 0. The van der Waals surface area contributed by atoms with Crippen LogP contribution in [0.3, 0.4) is 0 Å². The minimum atomic E-state index is -0.955. The molecule has 21 heavy (non-hydrogen) atoms. The van der Waals surface area contributed by atoms with Crippen molar-refractivity contribution in [2.75, 3.05) is 13.2 Å². The van der Waals surface area contributed by atoms with Gasteiger partial charge in [-0.1, -0.05) is 37.6 Å². The monoisotopic (exact) mass is 311 g/mol. The molecule has 0 bridgehead atoms. The molecule has 4 nitrogen and oxygen atoms in total. The van der Waals surface area contributed by atoms with Gasteiger partial charge in [-0.2, -0.15) is 0 Å². The summed E-state index contributed by atoms with van der Waals surface area (Å²) in [4.78, 5) is 12.1. The summed E-state index contributed by atoms with van der Waals surface area (Å²) in [5.74, 6) is -0.273. The number of hydrogen-bond acceptors (Lipinski definition) is 3. The third kappa shape index (κ3) is 2.93. The highest BCUT2D eigenvalue weighted by Gasteiger charge is 2.59. The second kappa shape index (κ2) is 5.95. The van der Waals surface area contributed by atoms with Gasteiger partial charge in [0.1, 0.15) is 0 Å². The summed E-state index contributed by atoms with van der Waals surface area (Å²) >= 11 is 5.99. The van der Waals surface area contributed by atoms with E-state index in [1.54, 1.807) is 24.3 Å². The molecule has 2 rings (SSSR count). The van der Waals surface area contributed by atoms with E-state index in [0.29, 0.717) is 23.6 Å². The van der Waals surface area contributed by atoms with Crippen molar-refractivity contribution in [1.29, 1.82) is 0 Å². The predicted octanol–water partition coefficient (Wildman–Crippen LogP) is 2.64. The molecule has 0 saturated heterocycles. The second-order valence-electron chi connectivity index (χ2n) is 6.06. The fourth-order valence-corrected chi connectivity index (χ4v) is 2.95. The molecular formula is C16H22ClNO3. The Labute approximate surface area is 130 Å². The number of carbonyl (C=O) groups is 1. The molecule has 2 N–H and O–H groups in total. The lowest BCUT2D eigenvalue weighted by molar-refractivity contribution is -0.237. The van der Waals surface area contributed by atoms with Crippen molar-refractivity contribution in [3.63, 3.8) is 0 Å². The SMILES string of the molecule is CCOC1CC(O)(CNC(=O)c2ccccc2Cl)C1(C)C. The second-order valence-corrected chi connectivity index (χ2v) is 6.47. The van der Waals surface area contributed by atoms with Crippen molar-refractivity contribution in [2.24, 2.45) is 5.41 Å². The summed E-state index contributed by atoms with van der Waals surface area (Å²) in [6.45, 7) is 6.66. The number of rotatable bonds is 5. The number of ether oxygens (including phenoxy) is 1. The van der Waals surface area contributed by atoms with Gasteiger partial charge >= 0.3 is 0 Å². The molecule has 0 spiro atoms. The molecule has 1 fully saturated rings. The zero-order valence-electron chi connectivity index (χ0n) is 12.6. The smallest absolute Gasteiger partial charge is 0.252 e. The Hall–Kier alpha value is -1.10. The van der Waals surface area contributed by atoms with Crippen LogP contribution in [-0.4, -0.2) is 35.9 Å². The van der Waals surface area contributed by atoms with Gasteiger partial charge < -0.3 is 15.2 Å². The fourth-order valence-electron chi connectivity index (χ4n) is 2.73. The van der Waals surface area contributed by atoms with E-state index in [9.17, 15) is 9.90 Å². The lowest BCUT2D eigenvalue weighted by Crippen LogP contribution is -2.68. The molecule has 2 unspecified atom stereocenters. The zero-order chi connectivity index (χ0) is 15.7. The molecule has 0 radical (unpaired) electrons. The minimum Gasteiger partial charge on any atom is -0.387 e. The number of carbonyl (C=O) groups excluding carboxylic acids is 1. The maximum atomic E-state index is 12.1. The molecule has 1 aliphatic rings. The largest absolute Gasteiger partial charge is 0.387 e. The van der Waals surface area contributed by atoms with Crippen LogP contribution >= 0.6 is 11.6 Å². The molecule has 1 saturated carbocycles. The van der Waals surface area contributed by atoms with Gasteiger partial charge in [-0.25, -0.2) is 0 Å². The molecule has 1 aliphatic carbocycles. The Kier molecular flexibility index (Phi) is 4.61. The van der Waals surface area contributed by atoms with Crippen molar-refractivity contribution in [3.05, 3.63) is 34.9 Å². The van der Waals surface area contributed by atoms with Gasteiger partial charge in [-0.05, 0) is 19.1 Å². The highest BCUT2D eigenvalue weighted by Crippen LogP contribution is 2.50. The lowest BCUT2D eigenvalue weighted by Gasteiger charge is -2.57. The van der Waals surface area contributed by atoms with Crippen LogP contribution < -0.4 is 5.32 Å². The molecule has 1 aromatic rings. The number of benzene rings is 1. The van der Waals surface area contributed by atoms with Gasteiger partial charge in [-0.15, -0.1) is 0 Å². The van der Waals surface area contributed by atoms with Gasteiger partial charge in [0.2, 0.25) is 0 Å². The van der Waals surface area contributed by atoms with Crippen LogP contribution in [-0.2, 0) is 4.74 Å². The van der Waals surface area contributed by atoms with E-state index in [-0.39, 0.29) is 18.6 Å². The first-order chi connectivity index (χ1) is 9.82. The highest BCUT2D eigenvalue weighted by atomic mass is 35.5. The van der Waals surface area contributed by atoms with Gasteiger partial charge in [-0.3, -0.25) is 4.79 Å². The van der Waals surface area contributed by atoms with Crippen LogP contribution in [0.15, 0.2) is 24.3 Å². The first-order valence-electron chi connectivity index (χ1n) is 7.18. The zero-order valence-corrected chi connectivity index (χ0v) is 13.4. The summed E-state index contributed by atoms with van der Waals surface area (Å²) in [6, 6.07) is 6.86. The van der Waals surface area contributed by atoms with E-state index in [1.807, 2.05) is 20.8 Å². The summed E-state index contributed by atoms with van der Waals surface area (Å²) in [5, 5.41) is 13.8. The predicted molar refractivity (Wildman–Crippen MR) is 82.5 cm³/mol. The Morgan fingerprint density at radius 2 is 2.14 bits per heavy atom. The van der Waals surface area contributed by atoms with Crippen LogP contribution in [0.5, 0.6) is 0 Å². The van der Waals surface area contributed by atoms with E-state index < -0.39 is 11.0 Å². The molecule has 116 valence electrons. The lowest BCUT2D eigenvalue weighted by atomic mass is 9.56. The van der Waals surface area contributed by atoms with Crippen LogP contribution in [0.25, 0.3) is 0 Å². The van der Waals surface area contributed by atoms with E-state index in [1.165, 1.54) is 0 Å². The van der Waals surface area contributed by atoms with Crippen molar-refractivity contribution in [2.45, 2.75) is 38.9 Å². The first-order valence-corrected chi connectivity index (χ1v) is 7.56. The summed E-state index contributed by atoms with van der Waals surface area (Å²) in [6.07, 6.45) is 0.543. The molecule has 0 heterocycles. The minimum absolute atomic E-state index is 0.0183. The van der Waals surface area contributed by atoms with Gasteiger partial charge in [0, 0.05) is 25.0 Å². The number of halogens is 1. The molecule has 5 heteroatoms. The topological polar surface area (TPSA) is 58.6 Å². The maximum absolute atomic E-state index is 12.1. The molecular weight excluding hydrogens is 290 g/mol. The van der Waals surface area contributed by atoms with E-state index >= 15 is 0 Å². The molecule has 1 amide bonds. The molecule has 2 atom stereocenters. The van der Waals surface area contributed by atoms with Gasteiger partial charge in [0.25, 0.3) is 5.91 Å². The maximum Gasteiger partial charge on any atom is 0.252 e. The number of aliphatic hydroxyl groups is 1. The van der Waals surface area contributed by atoms with E-state index in [2.05, 4.69) is 5.32 Å². The Morgan fingerprint density at radius 3 is 2.71 bits per heavy atom. The van der Waals surface area contributed by atoms with Gasteiger partial charge in [0.05, 0.1) is 22.3 Å². The van der Waals surface area contributed by atoms with Crippen molar-refractivity contribution < 1.29 is 14.6 Å². The van der Waals surface area contributed by atoms with Crippen molar-refractivity contribution in [1.82, 2.24) is 5.32 Å². The fraction of sp³-hybridized carbons (Fsp3) is 0.562. The Bertz CT molecular complexity index is 532. The summed E-state index contributed by atoms with van der Waals surface area (Å²) in [5.41, 5.74) is -0.929. The molecule has 0 aromatic heterocycles. The van der Waals surface area contributed by atoms with E-state index in [0.717, 1.165) is 0 Å². The quantitative estimate of drug-likeness (QED) is 0.879. The van der Waals surface area contributed by atoms with Crippen LogP contribution in [0.2, 0.25) is 5.02 Å². The van der Waals surface area contributed by atoms with E-state index in [4.69, 9.17) is 16.3 Å². The van der Waals surface area contributed by atoms with Crippen LogP contribution in [0, 0.1) is 5.41 Å². The standard InChI is InChI=1S/C16H22ClNO3/c1-4-21-13-9-16(20,15(13,2)3)10-18-14(19)11-7-5-6-8-12(11)17/h5-8,13,20H,4,9-10H2,1-3H3,(H,18,19). The summed E-state index contributed by atoms with van der Waals surface area (Å²) < 4.78 is 5.61. The average molecular weight is 312 g/mol. The average Bonchev–Trinajstić information content (AvgIpc) is 2.45. The number of hydrogen-bond donors (Lipinski definition) is 2. The Morgan fingerprint density at radius 1 is 1.48 bits per heavy atom. The third-order valence-corrected chi connectivity index (χ3v) is 4.88. The van der Waals surface area contributed by atoms with Crippen molar-refractivity contribution in [3.8, 4) is 0 Å². The van der Waals surface area contributed by atoms with Crippen LogP contribution in [0.1, 0.15) is 37.6 Å². The number of nitrogens with one attached hydrogen (secondary N) is 1. The molecule has 0 aliphatic heterocycles. The van der Waals surface area contributed by atoms with Gasteiger partial charge in [0.15, 0.2) is 0 Å². The first kappa shape index (κ1) is 16.3.